The molecule has 0 amide bonds. The van der Waals surface area contributed by atoms with E-state index in [-0.39, 0.29) is 18.0 Å². The minimum Gasteiger partial charge on any atom is -0.481 e. The maximum atomic E-state index is 12.6. The van der Waals surface area contributed by atoms with Gasteiger partial charge in [-0.05, 0) is 124 Å². The fourth-order valence-electron chi connectivity index (χ4n) is 9.60. The van der Waals surface area contributed by atoms with Gasteiger partial charge in [0.25, 0.3) is 0 Å². The number of ether oxygens (including phenoxy) is 1. The molecule has 200 valence electrons. The van der Waals surface area contributed by atoms with Crippen molar-refractivity contribution in [1.29, 1.82) is 0 Å². The highest BCUT2D eigenvalue weighted by Crippen LogP contribution is 2.68. The Morgan fingerprint density at radius 1 is 1.00 bits per heavy atom. The van der Waals surface area contributed by atoms with E-state index in [9.17, 15) is 14.7 Å². The van der Waals surface area contributed by atoms with E-state index in [4.69, 9.17) is 16.2 Å². The fraction of sp³-hybridized carbons (Fsp3) is 0.931. The molecule has 0 heterocycles. The monoisotopic (exact) mass is 490 g/mol. The summed E-state index contributed by atoms with van der Waals surface area (Å²) in [4.78, 5) is 24.0. The van der Waals surface area contributed by atoms with Gasteiger partial charge < -0.3 is 21.3 Å². The van der Waals surface area contributed by atoms with E-state index in [1.54, 1.807) is 0 Å². The molecular formula is C29H50N2O4. The number of carboxylic acid groups (broad SMARTS) is 1. The van der Waals surface area contributed by atoms with Crippen LogP contribution >= 0.6 is 0 Å². The molecule has 4 rings (SSSR count). The molecule has 0 aromatic carbocycles. The summed E-state index contributed by atoms with van der Waals surface area (Å²) in [6, 6.07) is -0.527. The molecule has 4 saturated carbocycles. The van der Waals surface area contributed by atoms with Crippen LogP contribution in [-0.4, -0.2) is 35.7 Å². The molecule has 6 nitrogen and oxygen atoms in total. The van der Waals surface area contributed by atoms with Crippen LogP contribution in [0.5, 0.6) is 0 Å². The number of fused-ring (bicyclic) bond motifs is 5. The van der Waals surface area contributed by atoms with Crippen LogP contribution in [0.2, 0.25) is 0 Å². The topological polar surface area (TPSA) is 116 Å². The second kappa shape index (κ2) is 10.7. The normalized spacial score (nSPS) is 42.3. The van der Waals surface area contributed by atoms with Gasteiger partial charge in [-0.15, -0.1) is 0 Å². The summed E-state index contributed by atoms with van der Waals surface area (Å²) in [7, 11) is 0. The van der Waals surface area contributed by atoms with Crippen LogP contribution in [0.15, 0.2) is 0 Å². The summed E-state index contributed by atoms with van der Waals surface area (Å²) >= 11 is 0. The van der Waals surface area contributed by atoms with E-state index in [0.717, 1.165) is 49.9 Å². The summed E-state index contributed by atoms with van der Waals surface area (Å²) in [6.45, 7) is 7.83. The lowest BCUT2D eigenvalue weighted by atomic mass is 9.44. The third kappa shape index (κ3) is 5.16. The Morgan fingerprint density at radius 2 is 1.71 bits per heavy atom. The molecule has 4 aliphatic carbocycles. The summed E-state index contributed by atoms with van der Waals surface area (Å²) in [5, 5.41) is 9.39. The molecule has 0 aromatic rings. The number of carbonyl (C=O) groups is 2. The summed E-state index contributed by atoms with van der Waals surface area (Å²) in [5.74, 6) is 2.80. The highest BCUT2D eigenvalue weighted by atomic mass is 16.5. The van der Waals surface area contributed by atoms with Gasteiger partial charge in [0.2, 0.25) is 0 Å². The second-order valence-electron chi connectivity index (χ2n) is 13.2. The zero-order valence-electron chi connectivity index (χ0n) is 22.3. The Bertz CT molecular complexity index is 774. The maximum Gasteiger partial charge on any atom is 0.323 e. The minimum atomic E-state index is -0.653. The first-order valence-electron chi connectivity index (χ1n) is 14.5. The van der Waals surface area contributed by atoms with Crippen LogP contribution < -0.4 is 11.5 Å². The van der Waals surface area contributed by atoms with Crippen molar-refractivity contribution in [2.45, 2.75) is 116 Å². The first kappa shape index (κ1) is 26.9. The van der Waals surface area contributed by atoms with Crippen molar-refractivity contribution in [3.8, 4) is 0 Å². The van der Waals surface area contributed by atoms with Gasteiger partial charge in [0.05, 0.1) is 0 Å². The van der Waals surface area contributed by atoms with E-state index in [0.29, 0.717) is 42.1 Å². The molecule has 5 N–H and O–H groups in total. The summed E-state index contributed by atoms with van der Waals surface area (Å²) in [6.07, 6.45) is 13.3. The lowest BCUT2D eigenvalue weighted by molar-refractivity contribution is -0.164. The first-order chi connectivity index (χ1) is 16.6. The Labute approximate surface area is 212 Å². The third-order valence-electron chi connectivity index (χ3n) is 11.4. The minimum absolute atomic E-state index is 0.0132. The van der Waals surface area contributed by atoms with Crippen molar-refractivity contribution >= 4 is 11.9 Å². The molecule has 10 atom stereocenters. The van der Waals surface area contributed by atoms with Crippen molar-refractivity contribution in [2.75, 3.05) is 6.54 Å². The van der Waals surface area contributed by atoms with Gasteiger partial charge in [-0.1, -0.05) is 27.2 Å². The predicted octanol–water partition coefficient (Wildman–Crippen LogP) is 5.12. The van der Waals surface area contributed by atoms with Gasteiger partial charge in [-0.25, -0.2) is 0 Å². The van der Waals surface area contributed by atoms with E-state index in [1.807, 2.05) is 0 Å². The molecule has 0 bridgehead atoms. The molecular weight excluding hydrogens is 440 g/mol. The number of unbranched alkanes of at least 4 members (excludes halogenated alkanes) is 1. The molecule has 0 radical (unpaired) electrons. The van der Waals surface area contributed by atoms with E-state index < -0.39 is 12.0 Å². The van der Waals surface area contributed by atoms with Crippen molar-refractivity contribution in [1.82, 2.24) is 0 Å². The summed E-state index contributed by atoms with van der Waals surface area (Å²) < 4.78 is 5.93. The van der Waals surface area contributed by atoms with Crippen molar-refractivity contribution in [3.05, 3.63) is 0 Å². The molecule has 35 heavy (non-hydrogen) atoms. The molecule has 4 aliphatic rings. The van der Waals surface area contributed by atoms with Gasteiger partial charge in [0.15, 0.2) is 0 Å². The standard InChI is InChI=1S/C29H50N2O4/c1-18(16-26(32)33)22-9-10-23-21-8-7-19-17-20(35-27(34)25(31)6-4-5-15-30)11-13-28(19,2)24(21)12-14-29(22,23)3/h18-25H,4-17,30-31H2,1-3H3,(H,32,33)/t18-,19?,20-,21?,22?,23?,24?,25+,28+,29-/m1/s1. The quantitative estimate of drug-likeness (QED) is 0.305. The van der Waals surface area contributed by atoms with E-state index >= 15 is 0 Å². The van der Waals surface area contributed by atoms with Gasteiger partial charge >= 0.3 is 11.9 Å². The average Bonchev–Trinajstić information content (AvgIpc) is 3.16. The van der Waals surface area contributed by atoms with Crippen molar-refractivity contribution in [2.24, 2.45) is 57.8 Å². The molecule has 0 saturated heterocycles. The van der Waals surface area contributed by atoms with Crippen LogP contribution in [0.3, 0.4) is 0 Å². The van der Waals surface area contributed by atoms with Crippen LogP contribution in [0.1, 0.15) is 104 Å². The van der Waals surface area contributed by atoms with Gasteiger partial charge in [0.1, 0.15) is 12.1 Å². The number of hydrogen-bond donors (Lipinski definition) is 3. The highest BCUT2D eigenvalue weighted by Gasteiger charge is 2.60. The Morgan fingerprint density at radius 3 is 2.43 bits per heavy atom. The highest BCUT2D eigenvalue weighted by molar-refractivity contribution is 5.75. The molecule has 0 aliphatic heterocycles. The van der Waals surface area contributed by atoms with Crippen molar-refractivity contribution < 1.29 is 19.4 Å². The maximum absolute atomic E-state index is 12.6. The van der Waals surface area contributed by atoms with Crippen LogP contribution in [0.4, 0.5) is 0 Å². The summed E-state index contributed by atoms with van der Waals surface area (Å²) in [5.41, 5.74) is 12.3. The second-order valence-corrected chi connectivity index (χ2v) is 13.2. The Kier molecular flexibility index (Phi) is 8.22. The average molecular weight is 491 g/mol. The Balaban J connectivity index is 1.37. The lowest BCUT2D eigenvalue weighted by Crippen LogP contribution is -2.54. The largest absolute Gasteiger partial charge is 0.481 e. The number of aliphatic carboxylic acids is 1. The number of hydrogen-bond acceptors (Lipinski definition) is 5. The van der Waals surface area contributed by atoms with Crippen molar-refractivity contribution in [3.63, 3.8) is 0 Å². The Hall–Kier alpha value is -1.14. The van der Waals surface area contributed by atoms with Crippen LogP contribution in [0.25, 0.3) is 0 Å². The number of nitrogens with two attached hydrogens (primary N) is 2. The molecule has 0 spiro atoms. The number of esters is 1. The van der Waals surface area contributed by atoms with E-state index in [1.165, 1.54) is 38.5 Å². The van der Waals surface area contributed by atoms with Gasteiger partial charge in [-0.2, -0.15) is 0 Å². The van der Waals surface area contributed by atoms with Gasteiger partial charge in [0, 0.05) is 6.42 Å². The molecule has 6 heteroatoms. The van der Waals surface area contributed by atoms with Crippen LogP contribution in [-0.2, 0) is 14.3 Å². The number of rotatable bonds is 9. The lowest BCUT2D eigenvalue weighted by Gasteiger charge is -2.61. The molecule has 0 aromatic heterocycles. The third-order valence-corrected chi connectivity index (χ3v) is 11.4. The van der Waals surface area contributed by atoms with Gasteiger partial charge in [-0.3, -0.25) is 9.59 Å². The SMILES string of the molecule is C[C@H](CC(=O)O)C1CCC2C3CCC4C[C@H](OC(=O)[C@@H](N)CCCCN)CC[C@]4(C)C3CC[C@@]21C. The number of carbonyl (C=O) groups excluding carboxylic acids is 1. The predicted molar refractivity (Wildman–Crippen MR) is 137 cm³/mol. The van der Waals surface area contributed by atoms with E-state index in [2.05, 4.69) is 20.8 Å². The smallest absolute Gasteiger partial charge is 0.323 e. The first-order valence-corrected chi connectivity index (χ1v) is 14.5. The zero-order chi connectivity index (χ0) is 25.4. The van der Waals surface area contributed by atoms with Crippen LogP contribution in [0, 0.1) is 46.3 Å². The number of carboxylic acids is 1. The zero-order valence-corrected chi connectivity index (χ0v) is 22.3. The molecule has 5 unspecified atom stereocenters. The fourth-order valence-corrected chi connectivity index (χ4v) is 9.60. The molecule has 4 fully saturated rings.